The molecule has 3 N–H and O–H groups in total. The van der Waals surface area contributed by atoms with Gasteiger partial charge in [0.15, 0.2) is 0 Å². The van der Waals surface area contributed by atoms with Crippen molar-refractivity contribution in [2.45, 2.75) is 11.3 Å². The van der Waals surface area contributed by atoms with E-state index in [1.165, 1.54) is 24.3 Å². The zero-order valence-electron chi connectivity index (χ0n) is 10.0. The number of ether oxygens (including phenoxy) is 1. The number of hydrogen-bond acceptors (Lipinski definition) is 4. The van der Waals surface area contributed by atoms with E-state index in [4.69, 9.17) is 10.5 Å². The second kappa shape index (κ2) is 6.48. The second-order valence-corrected chi connectivity index (χ2v) is 5.40. The molecule has 6 nitrogen and oxygen atoms in total. The number of nitrogens with two attached hydrogens (primary N) is 1. The minimum absolute atomic E-state index is 0.102. The number of primary amides is 1. The first-order chi connectivity index (χ1) is 8.47. The predicted molar refractivity (Wildman–Crippen MR) is 66.6 cm³/mol. The van der Waals surface area contributed by atoms with Crippen molar-refractivity contribution in [1.82, 2.24) is 4.72 Å². The second-order valence-electron chi connectivity index (χ2n) is 3.63. The van der Waals surface area contributed by atoms with E-state index in [1.807, 2.05) is 0 Å². The first-order valence-electron chi connectivity index (χ1n) is 5.36. The van der Waals surface area contributed by atoms with E-state index in [0.717, 1.165) is 0 Å². The summed E-state index contributed by atoms with van der Waals surface area (Å²) >= 11 is 0. The lowest BCUT2D eigenvalue weighted by Gasteiger charge is -2.06. The number of nitrogens with one attached hydrogen (secondary N) is 1. The van der Waals surface area contributed by atoms with Crippen LogP contribution in [0.5, 0.6) is 0 Å². The fourth-order valence-corrected chi connectivity index (χ4v) is 2.38. The molecule has 100 valence electrons. The number of carbonyl (C=O) groups is 1. The molecule has 0 atom stereocenters. The molecule has 0 heterocycles. The Kier molecular flexibility index (Phi) is 5.26. The van der Waals surface area contributed by atoms with E-state index in [2.05, 4.69) is 4.72 Å². The number of sulfonamides is 1. The van der Waals surface area contributed by atoms with E-state index in [1.54, 1.807) is 7.11 Å². The van der Waals surface area contributed by atoms with Crippen LogP contribution in [0.25, 0.3) is 0 Å². The maximum Gasteiger partial charge on any atom is 0.248 e. The lowest BCUT2D eigenvalue weighted by atomic mass is 10.2. The Bertz CT molecular complexity index is 496. The van der Waals surface area contributed by atoms with Gasteiger partial charge in [-0.15, -0.1) is 0 Å². The summed E-state index contributed by atoms with van der Waals surface area (Å²) in [5.74, 6) is -0.591. The van der Waals surface area contributed by atoms with Crippen LogP contribution in [0.2, 0.25) is 0 Å². The molecule has 0 saturated carbocycles. The lowest BCUT2D eigenvalue weighted by Crippen LogP contribution is -2.25. The van der Waals surface area contributed by atoms with Crippen LogP contribution in [0, 0.1) is 0 Å². The lowest BCUT2D eigenvalue weighted by molar-refractivity contribution is 0.1000. The molecule has 1 aromatic carbocycles. The van der Waals surface area contributed by atoms with Gasteiger partial charge in [-0.25, -0.2) is 13.1 Å². The van der Waals surface area contributed by atoms with Crippen molar-refractivity contribution in [3.05, 3.63) is 29.8 Å². The highest BCUT2D eigenvalue weighted by Gasteiger charge is 2.13. The minimum Gasteiger partial charge on any atom is -0.385 e. The first kappa shape index (κ1) is 14.6. The summed E-state index contributed by atoms with van der Waals surface area (Å²) in [6, 6.07) is 5.45. The molecule has 7 heteroatoms. The SMILES string of the molecule is COCCCNS(=O)(=O)c1ccc(C(N)=O)cc1. The van der Waals surface area contributed by atoms with Crippen LogP contribution < -0.4 is 10.5 Å². The highest BCUT2D eigenvalue weighted by Crippen LogP contribution is 2.10. The van der Waals surface area contributed by atoms with Gasteiger partial charge in [-0.2, -0.15) is 0 Å². The molecule has 0 fully saturated rings. The fraction of sp³-hybridized carbons (Fsp3) is 0.364. The molecule has 0 aliphatic rings. The quantitative estimate of drug-likeness (QED) is 0.688. The summed E-state index contributed by atoms with van der Waals surface area (Å²) in [7, 11) is -1.99. The van der Waals surface area contributed by atoms with E-state index < -0.39 is 15.9 Å². The van der Waals surface area contributed by atoms with Crippen LogP contribution in [0.3, 0.4) is 0 Å². The summed E-state index contributed by atoms with van der Waals surface area (Å²) < 4.78 is 30.9. The molecule has 0 bridgehead atoms. The molecule has 18 heavy (non-hydrogen) atoms. The Morgan fingerprint density at radius 1 is 1.33 bits per heavy atom. The summed E-state index contributed by atoms with van der Waals surface area (Å²) in [6.45, 7) is 0.789. The van der Waals surface area contributed by atoms with E-state index in [-0.39, 0.29) is 10.5 Å². The fourth-order valence-electron chi connectivity index (χ4n) is 1.30. The van der Waals surface area contributed by atoms with Crippen LogP contribution in [0.4, 0.5) is 0 Å². The van der Waals surface area contributed by atoms with Gasteiger partial charge in [0.25, 0.3) is 0 Å². The highest BCUT2D eigenvalue weighted by atomic mass is 32.2. The third-order valence-corrected chi connectivity index (χ3v) is 3.74. The Balaban J connectivity index is 2.70. The monoisotopic (exact) mass is 272 g/mol. The normalized spacial score (nSPS) is 11.4. The van der Waals surface area contributed by atoms with Gasteiger partial charge in [0.2, 0.25) is 15.9 Å². The molecule has 0 saturated heterocycles. The molecular formula is C11H16N2O4S. The van der Waals surface area contributed by atoms with Gasteiger partial charge in [-0.05, 0) is 30.7 Å². The number of amides is 1. The molecule has 0 aliphatic heterocycles. The molecule has 1 amide bonds. The van der Waals surface area contributed by atoms with Gasteiger partial charge in [0, 0.05) is 25.8 Å². The van der Waals surface area contributed by atoms with Gasteiger partial charge in [-0.3, -0.25) is 4.79 Å². The zero-order chi connectivity index (χ0) is 13.6. The van der Waals surface area contributed by atoms with E-state index in [0.29, 0.717) is 19.6 Å². The topological polar surface area (TPSA) is 98.5 Å². The van der Waals surface area contributed by atoms with Crippen molar-refractivity contribution < 1.29 is 17.9 Å². The van der Waals surface area contributed by atoms with Gasteiger partial charge < -0.3 is 10.5 Å². The molecular weight excluding hydrogens is 256 g/mol. The summed E-state index contributed by atoms with van der Waals surface area (Å²) in [5, 5.41) is 0. The molecule has 0 aromatic heterocycles. The van der Waals surface area contributed by atoms with Crippen molar-refractivity contribution in [2.24, 2.45) is 5.73 Å². The van der Waals surface area contributed by atoms with Crippen molar-refractivity contribution in [3.63, 3.8) is 0 Å². The van der Waals surface area contributed by atoms with Crippen LogP contribution in [0.1, 0.15) is 16.8 Å². The van der Waals surface area contributed by atoms with Crippen molar-refractivity contribution >= 4 is 15.9 Å². The number of rotatable bonds is 7. The Morgan fingerprint density at radius 3 is 2.44 bits per heavy atom. The van der Waals surface area contributed by atoms with Gasteiger partial charge >= 0.3 is 0 Å². The van der Waals surface area contributed by atoms with Crippen LogP contribution in [-0.4, -0.2) is 34.6 Å². The average molecular weight is 272 g/mol. The van der Waals surface area contributed by atoms with Crippen molar-refractivity contribution in [3.8, 4) is 0 Å². The minimum atomic E-state index is -3.54. The summed E-state index contributed by atoms with van der Waals surface area (Å²) in [4.78, 5) is 11.0. The van der Waals surface area contributed by atoms with Gasteiger partial charge in [-0.1, -0.05) is 0 Å². The Morgan fingerprint density at radius 2 is 1.94 bits per heavy atom. The molecule has 0 unspecified atom stereocenters. The third kappa shape index (κ3) is 4.10. The predicted octanol–water partition coefficient (Wildman–Crippen LogP) is 0.100. The maximum atomic E-state index is 11.8. The highest BCUT2D eigenvalue weighted by molar-refractivity contribution is 7.89. The van der Waals surface area contributed by atoms with Crippen LogP contribution in [0.15, 0.2) is 29.2 Å². The first-order valence-corrected chi connectivity index (χ1v) is 6.84. The Hall–Kier alpha value is -1.44. The van der Waals surface area contributed by atoms with Crippen LogP contribution >= 0.6 is 0 Å². The Labute approximate surface area is 106 Å². The molecule has 0 spiro atoms. The van der Waals surface area contributed by atoms with Gasteiger partial charge in [0.05, 0.1) is 4.90 Å². The molecule has 1 aromatic rings. The standard InChI is InChI=1S/C11H16N2O4S/c1-17-8-2-7-13-18(15,16)10-5-3-9(4-6-10)11(12)14/h3-6,13H,2,7-8H2,1H3,(H2,12,14). The smallest absolute Gasteiger partial charge is 0.248 e. The number of carbonyl (C=O) groups excluding carboxylic acids is 1. The number of methoxy groups -OCH3 is 1. The van der Waals surface area contributed by atoms with Gasteiger partial charge in [0.1, 0.15) is 0 Å². The number of hydrogen-bond donors (Lipinski definition) is 2. The van der Waals surface area contributed by atoms with Crippen LogP contribution in [-0.2, 0) is 14.8 Å². The summed E-state index contributed by atoms with van der Waals surface area (Å²) in [6.07, 6.45) is 0.592. The molecule has 1 rings (SSSR count). The van der Waals surface area contributed by atoms with E-state index in [9.17, 15) is 13.2 Å². The molecule has 0 aliphatic carbocycles. The maximum absolute atomic E-state index is 11.8. The third-order valence-electron chi connectivity index (χ3n) is 2.27. The number of benzene rings is 1. The largest absolute Gasteiger partial charge is 0.385 e. The zero-order valence-corrected chi connectivity index (χ0v) is 10.9. The van der Waals surface area contributed by atoms with Crippen molar-refractivity contribution in [1.29, 1.82) is 0 Å². The summed E-state index contributed by atoms with van der Waals surface area (Å²) in [5.41, 5.74) is 5.34. The average Bonchev–Trinajstić information content (AvgIpc) is 2.35. The molecule has 0 radical (unpaired) electrons. The van der Waals surface area contributed by atoms with E-state index >= 15 is 0 Å². The van der Waals surface area contributed by atoms with Crippen molar-refractivity contribution in [2.75, 3.05) is 20.3 Å².